The number of nitrogens with zero attached hydrogens (tertiary/aromatic N) is 1. The highest BCUT2D eigenvalue weighted by Crippen LogP contribution is 2.10. The van der Waals surface area contributed by atoms with Gasteiger partial charge >= 0.3 is 5.97 Å². The van der Waals surface area contributed by atoms with Crippen LogP contribution >= 0.6 is 11.6 Å². The number of carboxylic acid groups (broad SMARTS) is 1. The lowest BCUT2D eigenvalue weighted by Gasteiger charge is -2.16. The lowest BCUT2D eigenvalue weighted by atomic mass is 10.2. The van der Waals surface area contributed by atoms with Crippen LogP contribution in [0.3, 0.4) is 0 Å². The van der Waals surface area contributed by atoms with Crippen molar-refractivity contribution in [2.75, 3.05) is 13.6 Å². The van der Waals surface area contributed by atoms with E-state index < -0.39 is 16.2 Å². The van der Waals surface area contributed by atoms with Crippen molar-refractivity contribution in [1.29, 1.82) is 0 Å². The van der Waals surface area contributed by atoms with Crippen molar-refractivity contribution in [1.82, 2.24) is 9.03 Å². The molecule has 0 aromatic heterocycles. The second-order valence-corrected chi connectivity index (χ2v) is 6.22. The van der Waals surface area contributed by atoms with Crippen molar-refractivity contribution in [2.24, 2.45) is 0 Å². The molecule has 0 saturated carbocycles. The largest absolute Gasteiger partial charge is 0.481 e. The van der Waals surface area contributed by atoms with E-state index in [1.807, 2.05) is 0 Å². The van der Waals surface area contributed by atoms with Crippen molar-refractivity contribution >= 4 is 27.8 Å². The SMILES string of the molecule is CN(CCC(=O)O)S(=O)(=O)NCc1cccc(Cl)c1. The van der Waals surface area contributed by atoms with Crippen molar-refractivity contribution in [2.45, 2.75) is 13.0 Å². The minimum Gasteiger partial charge on any atom is -0.481 e. The first-order chi connectivity index (χ1) is 8.81. The highest BCUT2D eigenvalue weighted by Gasteiger charge is 2.17. The number of benzene rings is 1. The van der Waals surface area contributed by atoms with E-state index in [-0.39, 0.29) is 19.5 Å². The zero-order chi connectivity index (χ0) is 14.5. The fraction of sp³-hybridized carbons (Fsp3) is 0.364. The molecule has 2 N–H and O–H groups in total. The fourth-order valence-corrected chi connectivity index (χ4v) is 2.42. The summed E-state index contributed by atoms with van der Waals surface area (Å²) in [6.07, 6.45) is -0.241. The molecule has 0 amide bonds. The Hall–Kier alpha value is -1.15. The van der Waals surface area contributed by atoms with E-state index in [4.69, 9.17) is 16.7 Å². The first-order valence-electron chi connectivity index (χ1n) is 5.48. The van der Waals surface area contributed by atoms with E-state index in [0.717, 1.165) is 9.87 Å². The summed E-state index contributed by atoms with van der Waals surface area (Å²) in [5, 5.41) is 9.03. The van der Waals surface area contributed by atoms with Crippen LogP contribution in [-0.2, 0) is 21.5 Å². The van der Waals surface area contributed by atoms with Gasteiger partial charge in [0.2, 0.25) is 0 Å². The second-order valence-electron chi connectivity index (χ2n) is 3.92. The predicted octanol–water partition coefficient (Wildman–Crippen LogP) is 1.08. The van der Waals surface area contributed by atoms with Gasteiger partial charge in [0.15, 0.2) is 0 Å². The minimum atomic E-state index is -3.69. The van der Waals surface area contributed by atoms with Gasteiger partial charge < -0.3 is 5.11 Å². The molecule has 0 bridgehead atoms. The van der Waals surface area contributed by atoms with Crippen LogP contribution < -0.4 is 4.72 Å². The molecule has 0 fully saturated rings. The molecule has 1 aromatic rings. The van der Waals surface area contributed by atoms with Crippen LogP contribution in [0.2, 0.25) is 5.02 Å². The molecular weight excluding hydrogens is 292 g/mol. The van der Waals surface area contributed by atoms with Gasteiger partial charge in [-0.1, -0.05) is 23.7 Å². The van der Waals surface area contributed by atoms with Crippen molar-refractivity contribution in [3.05, 3.63) is 34.9 Å². The number of carbonyl (C=O) groups is 1. The molecule has 19 heavy (non-hydrogen) atoms. The van der Waals surface area contributed by atoms with Gasteiger partial charge in [-0.25, -0.2) is 0 Å². The Bertz CT molecular complexity index is 547. The second kappa shape index (κ2) is 6.85. The first-order valence-corrected chi connectivity index (χ1v) is 7.30. The van der Waals surface area contributed by atoms with Gasteiger partial charge in [0.1, 0.15) is 0 Å². The smallest absolute Gasteiger partial charge is 0.304 e. The van der Waals surface area contributed by atoms with Crippen LogP contribution in [0.25, 0.3) is 0 Å². The van der Waals surface area contributed by atoms with Gasteiger partial charge in [0, 0.05) is 25.2 Å². The number of aliphatic carboxylic acids is 1. The van der Waals surface area contributed by atoms with E-state index >= 15 is 0 Å². The Kier molecular flexibility index (Phi) is 5.74. The van der Waals surface area contributed by atoms with Gasteiger partial charge in [-0.05, 0) is 17.7 Å². The summed E-state index contributed by atoms with van der Waals surface area (Å²) in [7, 11) is -2.37. The van der Waals surface area contributed by atoms with E-state index in [1.165, 1.54) is 7.05 Å². The van der Waals surface area contributed by atoms with E-state index in [9.17, 15) is 13.2 Å². The van der Waals surface area contributed by atoms with Gasteiger partial charge in [-0.3, -0.25) is 4.79 Å². The normalized spacial score (nSPS) is 11.7. The number of hydrogen-bond acceptors (Lipinski definition) is 3. The van der Waals surface area contributed by atoms with Gasteiger partial charge in [0.05, 0.1) is 6.42 Å². The summed E-state index contributed by atoms with van der Waals surface area (Å²) in [6.45, 7) is 0.0144. The van der Waals surface area contributed by atoms with Gasteiger partial charge in [-0.2, -0.15) is 17.4 Å². The topological polar surface area (TPSA) is 86.7 Å². The molecule has 0 aliphatic carbocycles. The summed E-state index contributed by atoms with van der Waals surface area (Å²) in [6, 6.07) is 6.81. The Morgan fingerprint density at radius 3 is 2.74 bits per heavy atom. The molecule has 1 rings (SSSR count). The van der Waals surface area contributed by atoms with Crippen LogP contribution in [0.4, 0.5) is 0 Å². The van der Waals surface area contributed by atoms with Crippen LogP contribution in [0.1, 0.15) is 12.0 Å². The molecule has 0 aliphatic heterocycles. The molecule has 6 nitrogen and oxygen atoms in total. The summed E-state index contributed by atoms with van der Waals surface area (Å²) < 4.78 is 26.9. The van der Waals surface area contributed by atoms with Gasteiger partial charge in [0.25, 0.3) is 10.2 Å². The van der Waals surface area contributed by atoms with Crippen LogP contribution in [0, 0.1) is 0 Å². The summed E-state index contributed by atoms with van der Waals surface area (Å²) in [5.74, 6) is -1.04. The van der Waals surface area contributed by atoms with Crippen LogP contribution in [-0.4, -0.2) is 37.4 Å². The zero-order valence-electron chi connectivity index (χ0n) is 10.3. The lowest BCUT2D eigenvalue weighted by molar-refractivity contribution is -0.137. The fourth-order valence-electron chi connectivity index (χ4n) is 1.30. The molecular formula is C11H15ClN2O4S. The third-order valence-corrected chi connectivity index (χ3v) is 4.15. The highest BCUT2D eigenvalue weighted by atomic mass is 35.5. The number of halogens is 1. The molecule has 1 aromatic carbocycles. The average Bonchev–Trinajstić information content (AvgIpc) is 2.33. The molecule has 106 valence electrons. The molecule has 8 heteroatoms. The Morgan fingerprint density at radius 2 is 2.16 bits per heavy atom. The van der Waals surface area contributed by atoms with E-state index in [1.54, 1.807) is 24.3 Å². The molecule has 0 unspecified atom stereocenters. The highest BCUT2D eigenvalue weighted by molar-refractivity contribution is 7.87. The van der Waals surface area contributed by atoms with E-state index in [2.05, 4.69) is 4.72 Å². The maximum Gasteiger partial charge on any atom is 0.304 e. The standard InChI is InChI=1S/C11H15ClN2O4S/c1-14(6-5-11(15)16)19(17,18)13-8-9-3-2-4-10(12)7-9/h2-4,7,13H,5-6,8H2,1H3,(H,15,16). The van der Waals surface area contributed by atoms with Crippen molar-refractivity contribution in [3.8, 4) is 0 Å². The molecule has 0 atom stereocenters. The maximum atomic E-state index is 11.8. The van der Waals surface area contributed by atoms with Crippen molar-refractivity contribution in [3.63, 3.8) is 0 Å². The quantitative estimate of drug-likeness (QED) is 0.789. The Balaban J connectivity index is 2.57. The van der Waals surface area contributed by atoms with Crippen molar-refractivity contribution < 1.29 is 18.3 Å². The first kappa shape index (κ1) is 15.9. The molecule has 0 heterocycles. The molecule has 0 aliphatic rings. The van der Waals surface area contributed by atoms with Crippen LogP contribution in [0.15, 0.2) is 24.3 Å². The zero-order valence-corrected chi connectivity index (χ0v) is 11.9. The maximum absolute atomic E-state index is 11.8. The third kappa shape index (κ3) is 5.56. The molecule has 0 radical (unpaired) electrons. The summed E-state index contributed by atoms with van der Waals surface area (Å²) in [4.78, 5) is 10.4. The number of rotatable bonds is 7. The van der Waals surface area contributed by atoms with Crippen LogP contribution in [0.5, 0.6) is 0 Å². The summed E-state index contributed by atoms with van der Waals surface area (Å²) in [5.41, 5.74) is 0.725. The monoisotopic (exact) mass is 306 g/mol. The third-order valence-electron chi connectivity index (χ3n) is 2.40. The number of carboxylic acids is 1. The van der Waals surface area contributed by atoms with Gasteiger partial charge in [-0.15, -0.1) is 0 Å². The number of nitrogens with one attached hydrogen (secondary N) is 1. The Morgan fingerprint density at radius 1 is 1.47 bits per heavy atom. The molecule has 0 spiro atoms. The lowest BCUT2D eigenvalue weighted by Crippen LogP contribution is -2.38. The average molecular weight is 307 g/mol. The predicted molar refractivity (Wildman–Crippen MR) is 72.1 cm³/mol. The molecule has 0 saturated heterocycles. The Labute approximate surface area is 117 Å². The van der Waals surface area contributed by atoms with E-state index in [0.29, 0.717) is 5.02 Å². The minimum absolute atomic E-state index is 0.0831. The number of hydrogen-bond donors (Lipinski definition) is 2. The summed E-state index contributed by atoms with van der Waals surface area (Å²) >= 11 is 5.79.